The van der Waals surface area contributed by atoms with E-state index in [1.54, 1.807) is 12.5 Å². The normalized spacial score (nSPS) is 20.5. The number of benzene rings is 2. The third kappa shape index (κ3) is 15.5. The van der Waals surface area contributed by atoms with Gasteiger partial charge in [-0.3, -0.25) is 4.79 Å². The molecule has 284 valence electrons. The zero-order valence-corrected chi connectivity index (χ0v) is 32.4. The number of hydrogen-bond acceptors (Lipinski definition) is 5. The number of unbranched alkanes of at least 4 members (excludes halogenated alkanes) is 2. The second kappa shape index (κ2) is 24.1. The SMILES string of the molecule is C=C(C)CO.C=C(CO)C(=O)O.CCCCCc1ccc(-c2ccc(C3CCC(C4CCC(CC(C)COC=O)CC4)CC3)cc2CC)cc1C. The zero-order chi connectivity index (χ0) is 37.8. The molecule has 2 saturated carbocycles. The summed E-state index contributed by atoms with van der Waals surface area (Å²) >= 11 is 0. The lowest BCUT2D eigenvalue weighted by Crippen LogP contribution is -2.26. The number of carbonyl (C=O) groups is 2. The fourth-order valence-corrected chi connectivity index (χ4v) is 7.88. The van der Waals surface area contributed by atoms with Gasteiger partial charge in [-0.2, -0.15) is 0 Å². The van der Waals surface area contributed by atoms with Crippen molar-refractivity contribution in [3.05, 3.63) is 83.0 Å². The molecule has 0 aliphatic heterocycles. The molecule has 2 fully saturated rings. The van der Waals surface area contributed by atoms with Crippen LogP contribution in [0.5, 0.6) is 0 Å². The van der Waals surface area contributed by atoms with Gasteiger partial charge in [0.2, 0.25) is 0 Å². The molecule has 0 spiro atoms. The minimum atomic E-state index is -1.15. The fraction of sp³-hybridized carbons (Fsp3) is 0.600. The maximum atomic E-state index is 10.5. The molecule has 1 atom stereocenters. The van der Waals surface area contributed by atoms with Crippen molar-refractivity contribution in [2.45, 2.75) is 130 Å². The molecular formula is C45H68O6. The molecule has 0 saturated heterocycles. The quantitative estimate of drug-likeness (QED) is 0.0695. The van der Waals surface area contributed by atoms with Crippen molar-refractivity contribution in [1.82, 2.24) is 0 Å². The largest absolute Gasteiger partial charge is 0.478 e. The van der Waals surface area contributed by atoms with E-state index >= 15 is 0 Å². The van der Waals surface area contributed by atoms with Crippen molar-refractivity contribution in [2.75, 3.05) is 19.8 Å². The number of ether oxygens (including phenoxy) is 1. The van der Waals surface area contributed by atoms with E-state index in [-0.39, 0.29) is 12.2 Å². The van der Waals surface area contributed by atoms with Crippen molar-refractivity contribution in [3.63, 3.8) is 0 Å². The number of aliphatic hydroxyl groups is 2. The van der Waals surface area contributed by atoms with Crippen molar-refractivity contribution >= 4 is 12.4 Å². The Morgan fingerprint density at radius 2 is 1.53 bits per heavy atom. The first kappa shape index (κ1) is 43.9. The Bertz CT molecular complexity index is 1350. The number of aliphatic hydroxyl groups excluding tert-OH is 2. The molecule has 6 heteroatoms. The van der Waals surface area contributed by atoms with Crippen molar-refractivity contribution in [3.8, 4) is 11.1 Å². The summed E-state index contributed by atoms with van der Waals surface area (Å²) in [4.78, 5) is 20.1. The van der Waals surface area contributed by atoms with E-state index in [2.05, 4.69) is 77.3 Å². The molecule has 2 aromatic rings. The van der Waals surface area contributed by atoms with Gasteiger partial charge in [-0.25, -0.2) is 4.79 Å². The van der Waals surface area contributed by atoms with Gasteiger partial charge in [-0.1, -0.05) is 102 Å². The van der Waals surface area contributed by atoms with Crippen LogP contribution in [-0.2, 0) is 27.2 Å². The van der Waals surface area contributed by atoms with Crippen LogP contribution in [0.25, 0.3) is 11.1 Å². The minimum absolute atomic E-state index is 0.111. The Kier molecular flexibility index (Phi) is 20.8. The average Bonchev–Trinajstić information content (AvgIpc) is 3.14. The number of aryl methyl sites for hydroxylation is 3. The third-order valence-corrected chi connectivity index (χ3v) is 11.0. The van der Waals surface area contributed by atoms with Crippen LogP contribution in [-0.4, -0.2) is 47.6 Å². The Morgan fingerprint density at radius 3 is 2.02 bits per heavy atom. The van der Waals surface area contributed by atoms with Crippen LogP contribution in [0.2, 0.25) is 0 Å². The number of carbonyl (C=O) groups excluding carboxylic acids is 1. The molecule has 6 nitrogen and oxygen atoms in total. The summed E-state index contributed by atoms with van der Waals surface area (Å²) in [6, 6.07) is 14.6. The summed E-state index contributed by atoms with van der Waals surface area (Å²) in [5.41, 5.74) is 9.51. The molecular weight excluding hydrogens is 636 g/mol. The molecule has 4 rings (SSSR count). The maximum absolute atomic E-state index is 10.5. The minimum Gasteiger partial charge on any atom is -0.478 e. The van der Waals surface area contributed by atoms with E-state index in [1.807, 2.05) is 0 Å². The highest BCUT2D eigenvalue weighted by molar-refractivity contribution is 5.85. The molecule has 0 amide bonds. The lowest BCUT2D eigenvalue weighted by atomic mass is 9.67. The monoisotopic (exact) mass is 705 g/mol. The first-order chi connectivity index (χ1) is 24.5. The first-order valence-electron chi connectivity index (χ1n) is 19.5. The lowest BCUT2D eigenvalue weighted by Gasteiger charge is -2.38. The second-order valence-corrected chi connectivity index (χ2v) is 15.2. The van der Waals surface area contributed by atoms with E-state index in [0.29, 0.717) is 19.0 Å². The number of carboxylic acid groups (broad SMARTS) is 1. The molecule has 0 radical (unpaired) electrons. The molecule has 1 unspecified atom stereocenters. The second-order valence-electron chi connectivity index (χ2n) is 15.2. The number of carboxylic acids is 1. The Hall–Kier alpha value is -3.22. The fourth-order valence-electron chi connectivity index (χ4n) is 7.88. The summed E-state index contributed by atoms with van der Waals surface area (Å²) in [5.74, 6) is 2.77. The van der Waals surface area contributed by atoms with Gasteiger partial charge in [0.1, 0.15) is 0 Å². The molecule has 3 N–H and O–H groups in total. The van der Waals surface area contributed by atoms with Gasteiger partial charge in [0.25, 0.3) is 6.47 Å². The Balaban J connectivity index is 0.000000645. The number of hydrogen-bond donors (Lipinski definition) is 3. The van der Waals surface area contributed by atoms with Gasteiger partial charge in [-0.15, -0.1) is 0 Å². The van der Waals surface area contributed by atoms with E-state index in [1.165, 1.54) is 111 Å². The molecule has 0 heterocycles. The van der Waals surface area contributed by atoms with Crippen LogP contribution in [0.1, 0.15) is 133 Å². The standard InChI is InChI=1S/C37H54O2.C4H6O3.C4H8O/c1-5-7-8-9-31-14-19-36(23-28(31)4)37-21-20-35(24-30(37)6-2)34-17-15-33(16-18-34)32-12-10-29(11-13-32)22-27(3)25-39-26-38;1-3(2-5)4(6)7;1-4(2)3-5/h14,19-21,23-24,26-27,29,32-34H,5-13,15-18,22,25H2,1-4H3;5H,1-2H2,(H,6,7);5H,1,3H2,2H3. The Morgan fingerprint density at radius 1 is 0.902 bits per heavy atom. The van der Waals surface area contributed by atoms with Crippen LogP contribution in [0.4, 0.5) is 0 Å². The summed E-state index contributed by atoms with van der Waals surface area (Å²) < 4.78 is 4.99. The van der Waals surface area contributed by atoms with Crippen LogP contribution >= 0.6 is 0 Å². The van der Waals surface area contributed by atoms with Crippen LogP contribution < -0.4 is 0 Å². The molecule has 0 aromatic heterocycles. The highest BCUT2D eigenvalue weighted by Crippen LogP contribution is 2.45. The Labute approximate surface area is 309 Å². The van der Waals surface area contributed by atoms with E-state index in [9.17, 15) is 9.59 Å². The zero-order valence-electron chi connectivity index (χ0n) is 32.4. The highest BCUT2D eigenvalue weighted by atomic mass is 16.5. The number of aliphatic carboxylic acids is 1. The predicted octanol–water partition coefficient (Wildman–Crippen LogP) is 10.4. The van der Waals surface area contributed by atoms with Gasteiger partial charge in [0.15, 0.2) is 0 Å². The van der Waals surface area contributed by atoms with E-state index < -0.39 is 12.6 Å². The molecule has 0 bridgehead atoms. The summed E-state index contributed by atoms with van der Waals surface area (Å²) in [6.45, 7) is 18.1. The smallest absolute Gasteiger partial charge is 0.333 e. The van der Waals surface area contributed by atoms with Crippen LogP contribution in [0, 0.1) is 30.6 Å². The first-order valence-corrected chi connectivity index (χ1v) is 19.5. The summed E-state index contributed by atoms with van der Waals surface area (Å²) in [5, 5.41) is 24.0. The van der Waals surface area contributed by atoms with Crippen molar-refractivity contribution in [1.29, 1.82) is 0 Å². The van der Waals surface area contributed by atoms with Gasteiger partial charge >= 0.3 is 5.97 Å². The van der Waals surface area contributed by atoms with Crippen molar-refractivity contribution < 1.29 is 29.6 Å². The maximum Gasteiger partial charge on any atom is 0.333 e. The molecule has 51 heavy (non-hydrogen) atoms. The van der Waals surface area contributed by atoms with Crippen molar-refractivity contribution in [2.24, 2.45) is 23.7 Å². The lowest BCUT2D eigenvalue weighted by molar-refractivity contribution is -0.133. The molecule has 2 aliphatic carbocycles. The van der Waals surface area contributed by atoms with E-state index in [0.717, 1.165) is 35.7 Å². The average molecular weight is 705 g/mol. The summed E-state index contributed by atoms with van der Waals surface area (Å²) in [7, 11) is 0. The predicted molar refractivity (Wildman–Crippen MR) is 211 cm³/mol. The van der Waals surface area contributed by atoms with Crippen LogP contribution in [0.15, 0.2) is 60.7 Å². The molecule has 2 aliphatic rings. The van der Waals surface area contributed by atoms with E-state index in [4.69, 9.17) is 20.1 Å². The number of rotatable bonds is 16. The van der Waals surface area contributed by atoms with Gasteiger partial charge < -0.3 is 20.1 Å². The topological polar surface area (TPSA) is 104 Å². The van der Waals surface area contributed by atoms with Gasteiger partial charge in [0.05, 0.1) is 25.4 Å². The van der Waals surface area contributed by atoms with Crippen LogP contribution in [0.3, 0.4) is 0 Å². The van der Waals surface area contributed by atoms with Gasteiger partial charge in [-0.05, 0) is 141 Å². The highest BCUT2D eigenvalue weighted by Gasteiger charge is 2.32. The summed E-state index contributed by atoms with van der Waals surface area (Å²) in [6.07, 6.45) is 18.5. The van der Waals surface area contributed by atoms with Gasteiger partial charge in [0, 0.05) is 0 Å². The molecule has 2 aromatic carbocycles. The third-order valence-electron chi connectivity index (χ3n) is 11.0.